The van der Waals surface area contributed by atoms with Crippen molar-refractivity contribution in [1.29, 1.82) is 0 Å². The van der Waals surface area contributed by atoms with E-state index in [2.05, 4.69) is 0 Å². The molecule has 12 heavy (non-hydrogen) atoms. The monoisotopic (exact) mass is 175 g/mol. The average molecular weight is 175 g/mol. The van der Waals surface area contributed by atoms with E-state index in [9.17, 15) is 9.90 Å². The molecular formula is C8H17NO3. The Kier molecular flexibility index (Phi) is 4.85. The molecular weight excluding hydrogens is 158 g/mol. The van der Waals surface area contributed by atoms with Gasteiger partial charge >= 0.3 is 0 Å². The first-order chi connectivity index (χ1) is 5.54. The molecule has 0 aliphatic rings. The molecule has 0 fully saturated rings. The normalized spacial score (nSPS) is 15.4. The zero-order valence-electron chi connectivity index (χ0n) is 8.07. The molecule has 0 saturated carbocycles. The number of carbonyl (C=O) groups is 1. The van der Waals surface area contributed by atoms with E-state index >= 15 is 0 Å². The highest BCUT2D eigenvalue weighted by molar-refractivity contribution is 5.77. The van der Waals surface area contributed by atoms with Crippen LogP contribution in [0, 0.1) is 5.92 Å². The van der Waals surface area contributed by atoms with Gasteiger partial charge in [0.15, 0.2) is 0 Å². The molecule has 0 bridgehead atoms. The van der Waals surface area contributed by atoms with E-state index in [1.165, 1.54) is 14.2 Å². The number of nitrogens with zero attached hydrogens (tertiary/aromatic N) is 1. The molecule has 1 N–H and O–H groups in total. The maximum absolute atomic E-state index is 11.3. The van der Waals surface area contributed by atoms with E-state index in [4.69, 9.17) is 4.84 Å². The highest BCUT2D eigenvalue weighted by atomic mass is 16.7. The Hall–Kier alpha value is -0.610. The number of hydrogen-bond donors (Lipinski definition) is 1. The molecule has 0 aliphatic heterocycles. The first-order valence-corrected chi connectivity index (χ1v) is 4.04. The van der Waals surface area contributed by atoms with Crippen LogP contribution in [0.1, 0.15) is 20.3 Å². The van der Waals surface area contributed by atoms with Crippen LogP contribution in [0.15, 0.2) is 0 Å². The number of aliphatic hydroxyl groups excluding tert-OH is 1. The van der Waals surface area contributed by atoms with Crippen LogP contribution in [0.2, 0.25) is 0 Å². The van der Waals surface area contributed by atoms with Crippen molar-refractivity contribution in [3.05, 3.63) is 0 Å². The summed E-state index contributed by atoms with van der Waals surface area (Å²) < 4.78 is 0. The number of hydroxylamine groups is 2. The number of aliphatic hydroxyl groups is 1. The van der Waals surface area contributed by atoms with Crippen LogP contribution in [0.5, 0.6) is 0 Å². The lowest BCUT2D eigenvalue weighted by molar-refractivity contribution is -0.176. The molecule has 0 aromatic rings. The third-order valence-electron chi connectivity index (χ3n) is 1.97. The summed E-state index contributed by atoms with van der Waals surface area (Å²) in [6, 6.07) is 0. The Bertz CT molecular complexity index is 149. The molecule has 72 valence electrons. The average Bonchev–Trinajstić information content (AvgIpc) is 2.12. The lowest BCUT2D eigenvalue weighted by atomic mass is 10.0. The molecule has 0 saturated heterocycles. The zero-order chi connectivity index (χ0) is 9.72. The van der Waals surface area contributed by atoms with Gasteiger partial charge in [-0.05, 0) is 6.42 Å². The van der Waals surface area contributed by atoms with Crippen molar-refractivity contribution in [2.45, 2.75) is 26.4 Å². The maximum atomic E-state index is 11.3. The second-order valence-corrected chi connectivity index (χ2v) is 2.78. The molecule has 0 rings (SSSR count). The summed E-state index contributed by atoms with van der Waals surface area (Å²) >= 11 is 0. The standard InChI is InChI=1S/C8H17NO3/c1-5-7(10)6(2)8(11)9(3)12-4/h6-7,10H,5H2,1-4H3/t6-,7-/m0/s1. The number of hydrogen-bond acceptors (Lipinski definition) is 3. The van der Waals surface area contributed by atoms with E-state index in [-0.39, 0.29) is 5.91 Å². The van der Waals surface area contributed by atoms with Crippen molar-refractivity contribution in [2.24, 2.45) is 5.92 Å². The largest absolute Gasteiger partial charge is 0.392 e. The molecule has 1 amide bonds. The molecule has 2 atom stereocenters. The predicted molar refractivity (Wildman–Crippen MR) is 45.2 cm³/mol. The van der Waals surface area contributed by atoms with Crippen LogP contribution in [-0.4, -0.2) is 36.3 Å². The molecule has 0 unspecified atom stereocenters. The first kappa shape index (κ1) is 11.4. The fourth-order valence-electron chi connectivity index (χ4n) is 0.895. The van der Waals surface area contributed by atoms with E-state index in [1.54, 1.807) is 6.92 Å². The van der Waals surface area contributed by atoms with E-state index in [0.29, 0.717) is 6.42 Å². The van der Waals surface area contributed by atoms with Gasteiger partial charge in [0, 0.05) is 7.05 Å². The summed E-state index contributed by atoms with van der Waals surface area (Å²) in [4.78, 5) is 16.0. The van der Waals surface area contributed by atoms with Crippen molar-refractivity contribution >= 4 is 5.91 Å². The van der Waals surface area contributed by atoms with Gasteiger partial charge in [0.2, 0.25) is 0 Å². The van der Waals surface area contributed by atoms with Crippen molar-refractivity contribution in [3.8, 4) is 0 Å². The minimum atomic E-state index is -0.588. The molecule has 4 heteroatoms. The molecule has 0 aromatic carbocycles. The molecule has 0 heterocycles. The Labute approximate surface area is 73.1 Å². The molecule has 4 nitrogen and oxygen atoms in total. The second kappa shape index (κ2) is 5.11. The lowest BCUT2D eigenvalue weighted by Crippen LogP contribution is -2.36. The van der Waals surface area contributed by atoms with Crippen molar-refractivity contribution in [1.82, 2.24) is 5.06 Å². The minimum Gasteiger partial charge on any atom is -0.392 e. The van der Waals surface area contributed by atoms with Gasteiger partial charge in [-0.3, -0.25) is 9.63 Å². The smallest absolute Gasteiger partial charge is 0.251 e. The van der Waals surface area contributed by atoms with Gasteiger partial charge in [0.25, 0.3) is 5.91 Å². The summed E-state index contributed by atoms with van der Waals surface area (Å²) in [7, 11) is 2.95. The van der Waals surface area contributed by atoms with E-state index < -0.39 is 12.0 Å². The van der Waals surface area contributed by atoms with Gasteiger partial charge in [0.05, 0.1) is 19.1 Å². The first-order valence-electron chi connectivity index (χ1n) is 4.04. The number of carbonyl (C=O) groups excluding carboxylic acids is 1. The lowest BCUT2D eigenvalue weighted by Gasteiger charge is -2.21. The van der Waals surface area contributed by atoms with Crippen LogP contribution in [0.3, 0.4) is 0 Å². The summed E-state index contributed by atoms with van der Waals surface area (Å²) in [5.74, 6) is -0.605. The van der Waals surface area contributed by atoms with E-state index in [0.717, 1.165) is 5.06 Å². The van der Waals surface area contributed by atoms with Crippen molar-refractivity contribution in [2.75, 3.05) is 14.2 Å². The summed E-state index contributed by atoms with van der Waals surface area (Å²) in [5.41, 5.74) is 0. The number of amides is 1. The molecule has 0 aromatic heterocycles. The number of rotatable bonds is 4. The Balaban J connectivity index is 4.09. The predicted octanol–water partition coefficient (Wildman–Crippen LogP) is 0.413. The molecule has 0 radical (unpaired) electrons. The van der Waals surface area contributed by atoms with Gasteiger partial charge in [0.1, 0.15) is 0 Å². The third kappa shape index (κ3) is 2.79. The van der Waals surface area contributed by atoms with Crippen molar-refractivity contribution in [3.63, 3.8) is 0 Å². The molecule has 0 spiro atoms. The fraction of sp³-hybridized carbons (Fsp3) is 0.875. The molecule has 0 aliphatic carbocycles. The Morgan fingerprint density at radius 2 is 2.17 bits per heavy atom. The SMILES string of the molecule is CC[C@H](O)[C@H](C)C(=O)N(C)OC. The minimum absolute atomic E-state index is 0.202. The zero-order valence-corrected chi connectivity index (χ0v) is 8.07. The second-order valence-electron chi connectivity index (χ2n) is 2.78. The van der Waals surface area contributed by atoms with Crippen LogP contribution < -0.4 is 0 Å². The summed E-state index contributed by atoms with van der Waals surface area (Å²) in [6.07, 6.45) is -0.0140. The van der Waals surface area contributed by atoms with E-state index in [1.807, 2.05) is 6.92 Å². The summed E-state index contributed by atoms with van der Waals surface area (Å²) in [6.45, 7) is 3.52. The quantitative estimate of drug-likeness (QED) is 0.630. The van der Waals surface area contributed by atoms with Gasteiger partial charge in [-0.15, -0.1) is 0 Å². The van der Waals surface area contributed by atoms with Gasteiger partial charge in [-0.2, -0.15) is 0 Å². The van der Waals surface area contributed by atoms with Crippen LogP contribution in [0.25, 0.3) is 0 Å². The Morgan fingerprint density at radius 1 is 1.67 bits per heavy atom. The highest BCUT2D eigenvalue weighted by Gasteiger charge is 2.23. The van der Waals surface area contributed by atoms with Gasteiger partial charge < -0.3 is 5.11 Å². The van der Waals surface area contributed by atoms with Gasteiger partial charge in [-0.25, -0.2) is 5.06 Å². The maximum Gasteiger partial charge on any atom is 0.251 e. The van der Waals surface area contributed by atoms with Crippen molar-refractivity contribution < 1.29 is 14.7 Å². The Morgan fingerprint density at radius 3 is 2.50 bits per heavy atom. The third-order valence-corrected chi connectivity index (χ3v) is 1.97. The van der Waals surface area contributed by atoms with Gasteiger partial charge in [-0.1, -0.05) is 13.8 Å². The highest BCUT2D eigenvalue weighted by Crippen LogP contribution is 2.09. The fourth-order valence-corrected chi connectivity index (χ4v) is 0.895. The van der Waals surface area contributed by atoms with Crippen LogP contribution >= 0.6 is 0 Å². The summed E-state index contributed by atoms with van der Waals surface area (Å²) in [5, 5.41) is 10.5. The van der Waals surface area contributed by atoms with Crippen LogP contribution in [0.4, 0.5) is 0 Å². The van der Waals surface area contributed by atoms with Crippen LogP contribution in [-0.2, 0) is 9.63 Å². The topological polar surface area (TPSA) is 49.8 Å².